The molecule has 1 unspecified atom stereocenters. The molecule has 6 heteroatoms. The van der Waals surface area contributed by atoms with E-state index in [1.807, 2.05) is 13.8 Å². The molecule has 5 nitrogen and oxygen atoms in total. The van der Waals surface area contributed by atoms with Gasteiger partial charge in [0.1, 0.15) is 5.82 Å². The topological polar surface area (TPSA) is 72.9 Å². The molecule has 1 amide bonds. The van der Waals surface area contributed by atoms with E-state index in [9.17, 15) is 9.18 Å². The molecule has 1 fully saturated rings. The van der Waals surface area contributed by atoms with Crippen molar-refractivity contribution in [2.24, 2.45) is 5.73 Å². The van der Waals surface area contributed by atoms with Gasteiger partial charge in [-0.25, -0.2) is 9.07 Å². The second kappa shape index (κ2) is 6.36. The first kappa shape index (κ1) is 16.6. The third kappa shape index (κ3) is 3.06. The maximum absolute atomic E-state index is 13.1. The van der Waals surface area contributed by atoms with Crippen LogP contribution in [0.25, 0.3) is 5.69 Å². The summed E-state index contributed by atoms with van der Waals surface area (Å²) in [6, 6.07) is 5.97. The van der Waals surface area contributed by atoms with Crippen molar-refractivity contribution in [3.8, 4) is 5.69 Å². The maximum atomic E-state index is 13.1. The van der Waals surface area contributed by atoms with E-state index in [0.29, 0.717) is 0 Å². The summed E-state index contributed by atoms with van der Waals surface area (Å²) < 4.78 is 14.8. The molecule has 1 saturated carbocycles. The summed E-state index contributed by atoms with van der Waals surface area (Å²) in [5.74, 6) is -0.379. The van der Waals surface area contributed by atoms with Crippen LogP contribution >= 0.6 is 0 Å². The van der Waals surface area contributed by atoms with Crippen molar-refractivity contribution in [1.82, 2.24) is 15.1 Å². The average molecular weight is 330 g/mol. The van der Waals surface area contributed by atoms with E-state index in [1.54, 1.807) is 23.0 Å². The van der Waals surface area contributed by atoms with E-state index in [1.165, 1.54) is 12.1 Å². The lowest BCUT2D eigenvalue weighted by molar-refractivity contribution is -0.126. The Balaban J connectivity index is 1.77. The second-order valence-corrected chi connectivity index (χ2v) is 6.63. The lowest BCUT2D eigenvalue weighted by Gasteiger charge is -2.25. The normalized spacial score (nSPS) is 17.7. The van der Waals surface area contributed by atoms with Gasteiger partial charge in [-0.15, -0.1) is 0 Å². The number of benzene rings is 1. The smallest absolute Gasteiger partial charge is 0.240 e. The summed E-state index contributed by atoms with van der Waals surface area (Å²) >= 11 is 0. The van der Waals surface area contributed by atoms with Gasteiger partial charge in [0, 0.05) is 11.3 Å². The molecule has 128 valence electrons. The molecule has 0 radical (unpaired) electrons. The molecule has 1 aliphatic rings. The van der Waals surface area contributed by atoms with E-state index in [0.717, 1.165) is 42.6 Å². The van der Waals surface area contributed by atoms with Gasteiger partial charge in [-0.3, -0.25) is 4.79 Å². The Hall–Kier alpha value is -2.21. The van der Waals surface area contributed by atoms with E-state index in [2.05, 4.69) is 10.4 Å². The fourth-order valence-corrected chi connectivity index (χ4v) is 3.34. The molecule has 0 saturated heterocycles. The maximum Gasteiger partial charge on any atom is 0.240 e. The third-order valence-corrected chi connectivity index (χ3v) is 4.88. The van der Waals surface area contributed by atoms with Crippen LogP contribution in [0.3, 0.4) is 0 Å². The molecule has 1 heterocycles. The molecule has 0 aliphatic heterocycles. The molecule has 1 atom stereocenters. The van der Waals surface area contributed by atoms with Gasteiger partial charge in [-0.05, 0) is 51.0 Å². The first-order chi connectivity index (χ1) is 11.4. The number of halogens is 1. The van der Waals surface area contributed by atoms with E-state index >= 15 is 0 Å². The number of hydrogen-bond donors (Lipinski definition) is 2. The molecule has 1 aromatic carbocycles. The SMILES string of the molecule is Cc1c(C(C)NC(=O)C2(N)CCCC2)cnn1-c1ccc(F)cc1. The molecule has 3 rings (SSSR count). The van der Waals surface area contributed by atoms with E-state index in [4.69, 9.17) is 5.73 Å². The summed E-state index contributed by atoms with van der Waals surface area (Å²) in [6.45, 7) is 3.86. The summed E-state index contributed by atoms with van der Waals surface area (Å²) in [5, 5.41) is 7.39. The molecule has 3 N–H and O–H groups in total. The summed E-state index contributed by atoms with van der Waals surface area (Å²) in [5.41, 5.74) is 8.08. The number of amides is 1. The van der Waals surface area contributed by atoms with E-state index in [-0.39, 0.29) is 17.8 Å². The number of carbonyl (C=O) groups is 1. The molecule has 1 aliphatic carbocycles. The van der Waals surface area contributed by atoms with Crippen LogP contribution in [0.15, 0.2) is 30.5 Å². The summed E-state index contributed by atoms with van der Waals surface area (Å²) in [4.78, 5) is 12.5. The van der Waals surface area contributed by atoms with Gasteiger partial charge in [-0.1, -0.05) is 12.8 Å². The van der Waals surface area contributed by atoms with Gasteiger partial charge in [0.2, 0.25) is 5.91 Å². The quantitative estimate of drug-likeness (QED) is 0.905. The molecular weight excluding hydrogens is 307 g/mol. The largest absolute Gasteiger partial charge is 0.348 e. The first-order valence-electron chi connectivity index (χ1n) is 8.31. The lowest BCUT2D eigenvalue weighted by Crippen LogP contribution is -2.52. The van der Waals surface area contributed by atoms with Crippen molar-refractivity contribution < 1.29 is 9.18 Å². The van der Waals surface area contributed by atoms with Crippen molar-refractivity contribution in [3.63, 3.8) is 0 Å². The van der Waals surface area contributed by atoms with Crippen LogP contribution in [0.1, 0.15) is 49.9 Å². The highest BCUT2D eigenvalue weighted by atomic mass is 19.1. The van der Waals surface area contributed by atoms with Gasteiger partial charge < -0.3 is 11.1 Å². The summed E-state index contributed by atoms with van der Waals surface area (Å²) in [6.07, 6.45) is 5.21. The van der Waals surface area contributed by atoms with E-state index < -0.39 is 5.54 Å². The van der Waals surface area contributed by atoms with Crippen molar-refractivity contribution in [2.75, 3.05) is 0 Å². The monoisotopic (exact) mass is 330 g/mol. The standard InChI is InChI=1S/C18H23FN4O/c1-12(22-17(24)18(20)9-3-4-10-18)16-11-21-23(13(16)2)15-7-5-14(19)6-8-15/h5-8,11-12H,3-4,9-10,20H2,1-2H3,(H,22,24). The fraction of sp³-hybridized carbons (Fsp3) is 0.444. The lowest BCUT2D eigenvalue weighted by atomic mass is 9.97. The van der Waals surface area contributed by atoms with Crippen molar-refractivity contribution in [3.05, 3.63) is 47.5 Å². The Morgan fingerprint density at radius 1 is 1.33 bits per heavy atom. The third-order valence-electron chi connectivity index (χ3n) is 4.88. The fourth-order valence-electron chi connectivity index (χ4n) is 3.34. The van der Waals surface area contributed by atoms with Crippen LogP contribution in [-0.4, -0.2) is 21.2 Å². The molecule has 0 bridgehead atoms. The first-order valence-corrected chi connectivity index (χ1v) is 8.31. The number of nitrogens with one attached hydrogen (secondary N) is 1. The van der Waals surface area contributed by atoms with Crippen LogP contribution in [0.2, 0.25) is 0 Å². The number of aromatic nitrogens is 2. The highest BCUT2D eigenvalue weighted by Gasteiger charge is 2.37. The van der Waals surface area contributed by atoms with Gasteiger partial charge >= 0.3 is 0 Å². The number of carbonyl (C=O) groups excluding carboxylic acids is 1. The van der Waals surface area contributed by atoms with Crippen molar-refractivity contribution >= 4 is 5.91 Å². The molecular formula is C18H23FN4O. The molecule has 2 aromatic rings. The highest BCUT2D eigenvalue weighted by molar-refractivity contribution is 5.86. The minimum atomic E-state index is -0.741. The Kier molecular flexibility index (Phi) is 4.41. The zero-order chi connectivity index (χ0) is 17.3. The van der Waals surface area contributed by atoms with Gasteiger partial charge in [0.25, 0.3) is 0 Å². The zero-order valence-electron chi connectivity index (χ0n) is 14.1. The van der Waals surface area contributed by atoms with Crippen LogP contribution in [0, 0.1) is 12.7 Å². The van der Waals surface area contributed by atoms with Crippen LogP contribution < -0.4 is 11.1 Å². The summed E-state index contributed by atoms with van der Waals surface area (Å²) in [7, 11) is 0. The number of rotatable bonds is 4. The number of hydrogen-bond acceptors (Lipinski definition) is 3. The zero-order valence-corrected chi connectivity index (χ0v) is 14.1. The second-order valence-electron chi connectivity index (χ2n) is 6.63. The predicted octanol–water partition coefficient (Wildman–Crippen LogP) is 2.77. The van der Waals surface area contributed by atoms with Crippen LogP contribution in [0.4, 0.5) is 4.39 Å². The average Bonchev–Trinajstić information content (AvgIpc) is 3.15. The predicted molar refractivity (Wildman–Crippen MR) is 90.2 cm³/mol. The number of nitrogens with two attached hydrogens (primary N) is 1. The number of nitrogens with zero attached hydrogens (tertiary/aromatic N) is 2. The Labute approximate surface area is 141 Å². The molecule has 1 aromatic heterocycles. The molecule has 0 spiro atoms. The Morgan fingerprint density at radius 2 is 1.96 bits per heavy atom. The van der Waals surface area contributed by atoms with Crippen molar-refractivity contribution in [1.29, 1.82) is 0 Å². The van der Waals surface area contributed by atoms with Gasteiger partial charge in [0.15, 0.2) is 0 Å². The minimum Gasteiger partial charge on any atom is -0.348 e. The van der Waals surface area contributed by atoms with Crippen LogP contribution in [0.5, 0.6) is 0 Å². The van der Waals surface area contributed by atoms with Gasteiger partial charge in [-0.2, -0.15) is 5.10 Å². The molecule has 24 heavy (non-hydrogen) atoms. The Morgan fingerprint density at radius 3 is 2.58 bits per heavy atom. The Bertz CT molecular complexity index is 732. The van der Waals surface area contributed by atoms with Crippen molar-refractivity contribution in [2.45, 2.75) is 51.1 Å². The minimum absolute atomic E-state index is 0.0959. The highest BCUT2D eigenvalue weighted by Crippen LogP contribution is 2.28. The van der Waals surface area contributed by atoms with Crippen LogP contribution in [-0.2, 0) is 4.79 Å². The van der Waals surface area contributed by atoms with Gasteiger partial charge in [0.05, 0.1) is 23.5 Å².